The summed E-state index contributed by atoms with van der Waals surface area (Å²) in [5.74, 6) is -0.904. The van der Waals surface area contributed by atoms with Crippen molar-refractivity contribution in [3.63, 3.8) is 0 Å². The summed E-state index contributed by atoms with van der Waals surface area (Å²) in [6.45, 7) is 4.91. The lowest BCUT2D eigenvalue weighted by atomic mass is 10.1. The summed E-state index contributed by atoms with van der Waals surface area (Å²) in [4.78, 5) is 27.7. The van der Waals surface area contributed by atoms with Gasteiger partial charge in [0.15, 0.2) is 0 Å². The third kappa shape index (κ3) is 7.60. The van der Waals surface area contributed by atoms with Gasteiger partial charge in [-0.25, -0.2) is 8.42 Å². The lowest BCUT2D eigenvalue weighted by Crippen LogP contribution is -2.52. The summed E-state index contributed by atoms with van der Waals surface area (Å²) in [5.41, 5.74) is 0.897. The van der Waals surface area contributed by atoms with E-state index >= 15 is 0 Å². The van der Waals surface area contributed by atoms with Crippen molar-refractivity contribution in [3.8, 4) is 0 Å². The van der Waals surface area contributed by atoms with Crippen molar-refractivity contribution < 1.29 is 18.0 Å². The van der Waals surface area contributed by atoms with Crippen LogP contribution in [-0.4, -0.2) is 50.0 Å². The monoisotopic (exact) mass is 591 g/mol. The second-order valence-electron chi connectivity index (χ2n) is 7.97. The second-order valence-corrected chi connectivity index (χ2v) is 11.6. The van der Waals surface area contributed by atoms with Crippen LogP contribution >= 0.6 is 39.1 Å². The molecule has 0 bridgehead atoms. The van der Waals surface area contributed by atoms with Gasteiger partial charge in [0.25, 0.3) is 0 Å². The van der Waals surface area contributed by atoms with Crippen molar-refractivity contribution >= 4 is 66.7 Å². The predicted molar refractivity (Wildman–Crippen MR) is 141 cm³/mol. The van der Waals surface area contributed by atoms with Crippen LogP contribution in [0.5, 0.6) is 0 Å². The van der Waals surface area contributed by atoms with Crippen LogP contribution in [-0.2, 0) is 26.2 Å². The van der Waals surface area contributed by atoms with Gasteiger partial charge in [0, 0.05) is 27.1 Å². The molecule has 0 aliphatic carbocycles. The Kier molecular flexibility index (Phi) is 10.2. The molecule has 7 nitrogen and oxygen atoms in total. The van der Waals surface area contributed by atoms with E-state index in [0.29, 0.717) is 25.8 Å². The summed E-state index contributed by atoms with van der Waals surface area (Å²) in [6.07, 6.45) is 1.75. The van der Waals surface area contributed by atoms with E-state index in [1.165, 1.54) is 4.90 Å². The Balaban J connectivity index is 2.43. The molecule has 11 heteroatoms. The molecule has 2 amide bonds. The maximum Gasteiger partial charge on any atom is 0.244 e. The first-order chi connectivity index (χ1) is 15.8. The van der Waals surface area contributed by atoms with Crippen molar-refractivity contribution in [2.24, 2.45) is 0 Å². The fourth-order valence-electron chi connectivity index (χ4n) is 3.13. The third-order valence-electron chi connectivity index (χ3n) is 5.32. The average molecular weight is 593 g/mol. The van der Waals surface area contributed by atoms with Gasteiger partial charge in [-0.1, -0.05) is 48.3 Å². The van der Waals surface area contributed by atoms with Crippen molar-refractivity contribution in [3.05, 3.63) is 62.5 Å². The van der Waals surface area contributed by atoms with Crippen LogP contribution in [0.2, 0.25) is 10.0 Å². The van der Waals surface area contributed by atoms with E-state index in [-0.39, 0.29) is 18.5 Å². The molecule has 0 saturated heterocycles. The first kappa shape index (κ1) is 28.4. The van der Waals surface area contributed by atoms with Crippen molar-refractivity contribution in [1.29, 1.82) is 0 Å². The molecule has 2 aromatic rings. The SMILES string of the molecule is CC[C@H](C)NC(=O)[C@@H](C)N(Cc1ccc(Cl)cc1Cl)C(=O)CN(c1ccccc1Br)S(C)(=O)=O. The Morgan fingerprint density at radius 3 is 2.32 bits per heavy atom. The largest absolute Gasteiger partial charge is 0.352 e. The second kappa shape index (κ2) is 12.2. The minimum atomic E-state index is -3.81. The lowest BCUT2D eigenvalue weighted by Gasteiger charge is -2.32. The lowest BCUT2D eigenvalue weighted by molar-refractivity contribution is -0.139. The number of rotatable bonds is 10. The zero-order valence-electron chi connectivity index (χ0n) is 19.4. The summed E-state index contributed by atoms with van der Waals surface area (Å²) in [7, 11) is -3.81. The molecule has 186 valence electrons. The van der Waals surface area contributed by atoms with Crippen LogP contribution in [0.4, 0.5) is 5.69 Å². The molecule has 2 aromatic carbocycles. The third-order valence-corrected chi connectivity index (χ3v) is 7.71. The Hall–Kier alpha value is -1.81. The summed E-state index contributed by atoms with van der Waals surface area (Å²) in [5, 5.41) is 3.65. The number of anilines is 1. The molecule has 0 unspecified atom stereocenters. The van der Waals surface area contributed by atoms with Gasteiger partial charge >= 0.3 is 0 Å². The van der Waals surface area contributed by atoms with Crippen molar-refractivity contribution in [1.82, 2.24) is 10.2 Å². The van der Waals surface area contributed by atoms with E-state index < -0.39 is 28.5 Å². The Morgan fingerprint density at radius 2 is 1.76 bits per heavy atom. The number of amides is 2. The number of sulfonamides is 1. The average Bonchev–Trinajstić information content (AvgIpc) is 2.76. The predicted octanol–water partition coefficient (Wildman–Crippen LogP) is 4.85. The van der Waals surface area contributed by atoms with Crippen LogP contribution in [0, 0.1) is 0 Å². The van der Waals surface area contributed by atoms with Crippen molar-refractivity contribution in [2.75, 3.05) is 17.1 Å². The van der Waals surface area contributed by atoms with E-state index in [9.17, 15) is 18.0 Å². The Bertz CT molecular complexity index is 1150. The first-order valence-electron chi connectivity index (χ1n) is 10.6. The number of carbonyl (C=O) groups is 2. The molecule has 0 aliphatic heterocycles. The molecule has 2 atom stereocenters. The Morgan fingerprint density at radius 1 is 1.12 bits per heavy atom. The molecule has 1 N–H and O–H groups in total. The number of nitrogens with zero attached hydrogens (tertiary/aromatic N) is 2. The van der Waals surface area contributed by atoms with E-state index in [4.69, 9.17) is 23.2 Å². The molecule has 0 spiro atoms. The van der Waals surface area contributed by atoms with E-state index in [1.807, 2.05) is 13.8 Å². The molecule has 0 fully saturated rings. The molecule has 0 aliphatic rings. The van der Waals surface area contributed by atoms with Gasteiger partial charge in [-0.05, 0) is 66.0 Å². The zero-order valence-corrected chi connectivity index (χ0v) is 23.3. The number of nitrogens with one attached hydrogen (secondary N) is 1. The van der Waals surface area contributed by atoms with Gasteiger partial charge in [0.05, 0.1) is 11.9 Å². The number of para-hydroxylation sites is 1. The van der Waals surface area contributed by atoms with Gasteiger partial charge < -0.3 is 10.2 Å². The molecular formula is C23H28BrCl2N3O4S. The van der Waals surface area contributed by atoms with Gasteiger partial charge in [-0.3, -0.25) is 13.9 Å². The Labute approximate surface area is 219 Å². The van der Waals surface area contributed by atoms with E-state index in [1.54, 1.807) is 49.4 Å². The van der Waals surface area contributed by atoms with Gasteiger partial charge in [0.1, 0.15) is 12.6 Å². The first-order valence-corrected chi connectivity index (χ1v) is 14.0. The highest BCUT2D eigenvalue weighted by Gasteiger charge is 2.31. The van der Waals surface area contributed by atoms with Crippen molar-refractivity contribution in [2.45, 2.75) is 45.8 Å². The molecule has 2 rings (SSSR count). The summed E-state index contributed by atoms with van der Waals surface area (Å²) < 4.78 is 26.7. The molecule has 0 aromatic heterocycles. The van der Waals surface area contributed by atoms with E-state index in [0.717, 1.165) is 17.0 Å². The fourth-order valence-corrected chi connectivity index (χ4v) is 5.08. The van der Waals surface area contributed by atoms with Crippen LogP contribution in [0.1, 0.15) is 32.8 Å². The molecule has 0 radical (unpaired) electrons. The highest BCUT2D eigenvalue weighted by Crippen LogP contribution is 2.28. The highest BCUT2D eigenvalue weighted by molar-refractivity contribution is 9.10. The topological polar surface area (TPSA) is 86.8 Å². The number of halogens is 3. The number of hydrogen-bond donors (Lipinski definition) is 1. The zero-order chi connectivity index (χ0) is 25.6. The molecule has 0 heterocycles. The normalized spacial score (nSPS) is 13.1. The molecule has 0 saturated carbocycles. The highest BCUT2D eigenvalue weighted by atomic mass is 79.9. The fraction of sp³-hybridized carbons (Fsp3) is 0.391. The number of carbonyl (C=O) groups excluding carboxylic acids is 2. The van der Waals surface area contributed by atoms with Crippen LogP contribution in [0.15, 0.2) is 46.9 Å². The van der Waals surface area contributed by atoms with Crippen LogP contribution in [0.3, 0.4) is 0 Å². The van der Waals surface area contributed by atoms with Crippen LogP contribution in [0.25, 0.3) is 0 Å². The van der Waals surface area contributed by atoms with E-state index in [2.05, 4.69) is 21.2 Å². The standard InChI is InChI=1S/C23H28BrCl2N3O4S/c1-5-15(2)27-23(31)16(3)28(13-17-10-11-18(25)12-20(17)26)22(30)14-29(34(4,32)33)21-9-7-6-8-19(21)24/h6-12,15-16H,5,13-14H2,1-4H3,(H,27,31)/t15-,16+/m0/s1. The van der Waals surface area contributed by atoms with Crippen LogP contribution < -0.4 is 9.62 Å². The quantitative estimate of drug-likeness (QED) is 0.427. The number of hydrogen-bond acceptors (Lipinski definition) is 4. The summed E-state index contributed by atoms with van der Waals surface area (Å²) in [6, 6.07) is 10.6. The van der Waals surface area contributed by atoms with Gasteiger partial charge in [0.2, 0.25) is 21.8 Å². The van der Waals surface area contributed by atoms with Gasteiger partial charge in [-0.2, -0.15) is 0 Å². The maximum atomic E-state index is 13.5. The van der Waals surface area contributed by atoms with Gasteiger partial charge in [-0.15, -0.1) is 0 Å². The number of benzene rings is 2. The minimum absolute atomic E-state index is 0.00249. The smallest absolute Gasteiger partial charge is 0.244 e. The summed E-state index contributed by atoms with van der Waals surface area (Å²) >= 11 is 15.7. The molecular weight excluding hydrogens is 565 g/mol. The molecule has 34 heavy (non-hydrogen) atoms. The maximum absolute atomic E-state index is 13.5. The minimum Gasteiger partial charge on any atom is -0.352 e.